The Morgan fingerprint density at radius 1 is 1.21 bits per heavy atom. The first-order chi connectivity index (χ1) is 11.3. The molecule has 1 fully saturated rings. The Labute approximate surface area is 143 Å². The quantitative estimate of drug-likeness (QED) is 0.811. The Morgan fingerprint density at radius 2 is 1.83 bits per heavy atom. The average Bonchev–Trinajstić information content (AvgIpc) is 2.87. The van der Waals surface area contributed by atoms with Crippen LogP contribution in [0.2, 0.25) is 0 Å². The molecule has 6 heteroatoms. The molecular weight excluding hydrogens is 306 g/mol. The van der Waals surface area contributed by atoms with Crippen LogP contribution in [0.4, 0.5) is 0 Å². The third-order valence-corrected chi connectivity index (χ3v) is 5.37. The fourth-order valence-electron chi connectivity index (χ4n) is 3.71. The Hall–Kier alpha value is -1.82. The van der Waals surface area contributed by atoms with Crippen molar-refractivity contribution in [2.75, 3.05) is 27.7 Å². The van der Waals surface area contributed by atoms with Gasteiger partial charge in [-0.3, -0.25) is 4.79 Å². The van der Waals surface area contributed by atoms with Gasteiger partial charge < -0.3 is 19.9 Å². The van der Waals surface area contributed by atoms with Gasteiger partial charge in [-0.15, -0.1) is 0 Å². The summed E-state index contributed by atoms with van der Waals surface area (Å²) in [5.74, 6) is -0.588. The molecule has 1 aliphatic rings. The fourth-order valence-corrected chi connectivity index (χ4v) is 3.71. The number of carbonyl (C=O) groups is 2. The van der Waals surface area contributed by atoms with Crippen LogP contribution in [0.15, 0.2) is 0 Å². The van der Waals surface area contributed by atoms with Crippen molar-refractivity contribution in [3.63, 3.8) is 0 Å². The van der Waals surface area contributed by atoms with Crippen molar-refractivity contribution in [1.29, 1.82) is 0 Å². The van der Waals surface area contributed by atoms with Crippen molar-refractivity contribution in [1.82, 2.24) is 15.2 Å². The zero-order chi connectivity index (χ0) is 17.9. The van der Waals surface area contributed by atoms with Crippen LogP contribution in [-0.2, 0) is 4.74 Å². The molecule has 1 amide bonds. The van der Waals surface area contributed by atoms with Crippen molar-refractivity contribution >= 4 is 11.9 Å². The van der Waals surface area contributed by atoms with E-state index in [9.17, 15) is 9.59 Å². The smallest absolute Gasteiger partial charge is 0.339 e. The highest BCUT2D eigenvalue weighted by atomic mass is 16.5. The number of carbonyl (C=O) groups excluding carboxylic acids is 2. The topological polar surface area (TPSA) is 74.4 Å². The number of amides is 1. The second kappa shape index (κ2) is 7.38. The van der Waals surface area contributed by atoms with Gasteiger partial charge in [0.05, 0.1) is 12.7 Å². The summed E-state index contributed by atoms with van der Waals surface area (Å²) < 4.78 is 4.80. The highest BCUT2D eigenvalue weighted by molar-refractivity contribution is 6.00. The van der Waals surface area contributed by atoms with E-state index < -0.39 is 5.97 Å². The molecule has 2 rings (SSSR count). The van der Waals surface area contributed by atoms with Gasteiger partial charge >= 0.3 is 5.97 Å². The van der Waals surface area contributed by atoms with Gasteiger partial charge in [-0.05, 0) is 46.3 Å². The lowest BCUT2D eigenvalue weighted by Gasteiger charge is -2.43. The maximum atomic E-state index is 12.6. The monoisotopic (exact) mass is 335 g/mol. The molecule has 0 unspecified atom stereocenters. The summed E-state index contributed by atoms with van der Waals surface area (Å²) in [7, 11) is 5.51. The molecule has 6 nitrogen and oxygen atoms in total. The molecule has 2 N–H and O–H groups in total. The molecule has 0 aliphatic heterocycles. The minimum atomic E-state index is -0.419. The standard InChI is InChI=1S/C18H29N3O3/c1-12-14(17(23)24-5)13(2)20-15(12)16(22)19-11-18(21(3)4)9-7-6-8-10-18/h20H,6-11H2,1-5H3,(H,19,22). The predicted molar refractivity (Wildman–Crippen MR) is 93.4 cm³/mol. The van der Waals surface area contributed by atoms with E-state index in [0.717, 1.165) is 12.8 Å². The molecule has 1 aromatic heterocycles. The molecule has 0 radical (unpaired) electrons. The van der Waals surface area contributed by atoms with Gasteiger partial charge in [0.25, 0.3) is 5.91 Å². The zero-order valence-electron chi connectivity index (χ0n) is 15.4. The minimum Gasteiger partial charge on any atom is -0.465 e. The lowest BCUT2D eigenvalue weighted by Crippen LogP contribution is -2.53. The van der Waals surface area contributed by atoms with Crippen LogP contribution in [0.3, 0.4) is 0 Å². The SMILES string of the molecule is COC(=O)c1c(C)[nH]c(C(=O)NCC2(N(C)C)CCCCC2)c1C. The molecule has 1 aliphatic carbocycles. The fraction of sp³-hybridized carbons (Fsp3) is 0.667. The number of likely N-dealkylation sites (N-methyl/N-ethyl adjacent to an activating group) is 1. The third kappa shape index (κ3) is 3.48. The summed E-state index contributed by atoms with van der Waals surface area (Å²) in [6.45, 7) is 4.16. The highest BCUT2D eigenvalue weighted by Crippen LogP contribution is 2.31. The first kappa shape index (κ1) is 18.5. The van der Waals surface area contributed by atoms with Crippen molar-refractivity contribution in [3.05, 3.63) is 22.5 Å². The number of hydrogen-bond donors (Lipinski definition) is 2. The largest absolute Gasteiger partial charge is 0.465 e. The van der Waals surface area contributed by atoms with E-state index in [1.54, 1.807) is 13.8 Å². The zero-order valence-corrected chi connectivity index (χ0v) is 15.4. The number of methoxy groups -OCH3 is 1. The summed E-state index contributed by atoms with van der Waals surface area (Å²) in [6, 6.07) is 0. The molecule has 0 saturated heterocycles. The van der Waals surface area contributed by atoms with Crippen molar-refractivity contribution in [3.8, 4) is 0 Å². The number of aromatic nitrogens is 1. The Kier molecular flexibility index (Phi) is 5.70. The number of nitrogens with one attached hydrogen (secondary N) is 2. The van der Waals surface area contributed by atoms with Crippen LogP contribution < -0.4 is 5.32 Å². The third-order valence-electron chi connectivity index (χ3n) is 5.37. The van der Waals surface area contributed by atoms with Gasteiger partial charge in [0, 0.05) is 17.8 Å². The maximum absolute atomic E-state index is 12.6. The second-order valence-corrected chi connectivity index (χ2v) is 6.98. The van der Waals surface area contributed by atoms with Gasteiger partial charge in [-0.1, -0.05) is 19.3 Å². The molecule has 0 bridgehead atoms. The number of esters is 1. The van der Waals surface area contributed by atoms with Gasteiger partial charge in [0.15, 0.2) is 0 Å². The Morgan fingerprint density at radius 3 is 2.38 bits per heavy atom. The van der Waals surface area contributed by atoms with E-state index in [4.69, 9.17) is 4.74 Å². The van der Waals surface area contributed by atoms with Crippen LogP contribution in [0, 0.1) is 13.8 Å². The lowest BCUT2D eigenvalue weighted by atomic mass is 9.80. The molecule has 1 heterocycles. The average molecular weight is 335 g/mol. The summed E-state index contributed by atoms with van der Waals surface area (Å²) >= 11 is 0. The second-order valence-electron chi connectivity index (χ2n) is 6.98. The van der Waals surface area contributed by atoms with Gasteiger partial charge in [0.2, 0.25) is 0 Å². The van der Waals surface area contributed by atoms with E-state index in [2.05, 4.69) is 29.3 Å². The van der Waals surface area contributed by atoms with Crippen LogP contribution in [0.25, 0.3) is 0 Å². The lowest BCUT2D eigenvalue weighted by molar-refractivity contribution is 0.0599. The van der Waals surface area contributed by atoms with Crippen molar-refractivity contribution < 1.29 is 14.3 Å². The summed E-state index contributed by atoms with van der Waals surface area (Å²) in [4.78, 5) is 29.8. The van der Waals surface area contributed by atoms with Gasteiger partial charge in [-0.25, -0.2) is 4.79 Å². The Bertz CT molecular complexity index is 613. The number of rotatable bonds is 5. The van der Waals surface area contributed by atoms with Gasteiger partial charge in [-0.2, -0.15) is 0 Å². The summed E-state index contributed by atoms with van der Waals surface area (Å²) in [5, 5.41) is 3.07. The molecule has 1 saturated carbocycles. The number of aromatic amines is 1. The maximum Gasteiger partial charge on any atom is 0.339 e. The van der Waals surface area contributed by atoms with E-state index in [1.165, 1.54) is 26.4 Å². The van der Waals surface area contributed by atoms with E-state index >= 15 is 0 Å². The number of hydrogen-bond acceptors (Lipinski definition) is 4. The predicted octanol–water partition coefficient (Wildman–Crippen LogP) is 2.41. The van der Waals surface area contributed by atoms with Crippen LogP contribution in [0.1, 0.15) is 64.2 Å². The van der Waals surface area contributed by atoms with E-state index in [0.29, 0.717) is 29.1 Å². The molecule has 1 aromatic rings. The summed E-state index contributed by atoms with van der Waals surface area (Å²) in [5.41, 5.74) is 2.21. The number of aryl methyl sites for hydroxylation is 1. The number of ether oxygens (including phenoxy) is 1. The van der Waals surface area contributed by atoms with Crippen LogP contribution in [0.5, 0.6) is 0 Å². The summed E-state index contributed by atoms with van der Waals surface area (Å²) in [6.07, 6.45) is 5.84. The molecule has 134 valence electrons. The molecule has 24 heavy (non-hydrogen) atoms. The molecular formula is C18H29N3O3. The molecule has 0 spiro atoms. The molecule has 0 atom stereocenters. The van der Waals surface area contributed by atoms with Gasteiger partial charge in [0.1, 0.15) is 5.69 Å². The van der Waals surface area contributed by atoms with E-state index in [1.807, 2.05) is 0 Å². The minimum absolute atomic E-state index is 0.0225. The highest BCUT2D eigenvalue weighted by Gasteiger charge is 2.35. The molecule has 0 aromatic carbocycles. The van der Waals surface area contributed by atoms with Crippen LogP contribution in [-0.4, -0.2) is 55.0 Å². The van der Waals surface area contributed by atoms with Crippen LogP contribution >= 0.6 is 0 Å². The number of nitrogens with zero attached hydrogens (tertiary/aromatic N) is 1. The first-order valence-corrected chi connectivity index (χ1v) is 8.55. The van der Waals surface area contributed by atoms with Crippen molar-refractivity contribution in [2.24, 2.45) is 0 Å². The van der Waals surface area contributed by atoms with E-state index in [-0.39, 0.29) is 11.4 Å². The number of H-pyrrole nitrogens is 1. The Balaban J connectivity index is 2.14. The first-order valence-electron chi connectivity index (χ1n) is 8.55. The van der Waals surface area contributed by atoms with Crippen molar-refractivity contribution in [2.45, 2.75) is 51.5 Å². The normalized spacial score (nSPS) is 16.9.